The van der Waals surface area contributed by atoms with Crippen molar-refractivity contribution in [3.05, 3.63) is 22.1 Å². The van der Waals surface area contributed by atoms with Crippen molar-refractivity contribution in [2.24, 2.45) is 0 Å². The van der Waals surface area contributed by atoms with E-state index < -0.39 is 64.3 Å². The maximum atomic E-state index is 12.7. The van der Waals surface area contributed by atoms with E-state index in [0.29, 0.717) is 17.2 Å². The Morgan fingerprint density at radius 2 is 1.96 bits per heavy atom. The number of nitrogens with zero attached hydrogens (tertiary/aromatic N) is 3. The highest BCUT2D eigenvalue weighted by Gasteiger charge is 2.57. The van der Waals surface area contributed by atoms with Crippen LogP contribution in [0.4, 0.5) is 27.8 Å². The van der Waals surface area contributed by atoms with Gasteiger partial charge in [-0.25, -0.2) is 0 Å². The zero-order valence-corrected chi connectivity index (χ0v) is 13.6. The molecule has 0 aliphatic carbocycles. The van der Waals surface area contributed by atoms with Gasteiger partial charge in [0, 0.05) is 0 Å². The van der Waals surface area contributed by atoms with Gasteiger partial charge < -0.3 is 15.4 Å². The second kappa shape index (κ2) is 7.48. The van der Waals surface area contributed by atoms with Crippen LogP contribution < -0.4 is 5.32 Å². The molecule has 1 N–H and O–H groups in total. The van der Waals surface area contributed by atoms with Gasteiger partial charge >= 0.3 is 17.9 Å². The van der Waals surface area contributed by atoms with Gasteiger partial charge in [-0.2, -0.15) is 30.4 Å². The monoisotopic (exact) mass is 410 g/mol. The molecule has 10 nitrogen and oxygen atoms in total. The van der Waals surface area contributed by atoms with Gasteiger partial charge in [-0.05, 0) is 9.91 Å². The van der Waals surface area contributed by atoms with Crippen molar-refractivity contribution in [1.29, 1.82) is 0 Å². The third-order valence-corrected chi connectivity index (χ3v) is 3.29. The molecule has 0 saturated heterocycles. The second-order valence-electron chi connectivity index (χ2n) is 4.85. The molecule has 0 atom stereocenters. The Morgan fingerprint density at radius 1 is 1.38 bits per heavy atom. The number of hydrogen-bond donors (Lipinski definition) is 1. The van der Waals surface area contributed by atoms with Crippen molar-refractivity contribution >= 4 is 21.8 Å². The summed E-state index contributed by atoms with van der Waals surface area (Å²) in [6.45, 7) is -3.88. The van der Waals surface area contributed by atoms with Gasteiger partial charge in [-0.15, -0.1) is 0 Å². The van der Waals surface area contributed by atoms with Crippen LogP contribution in [0.2, 0.25) is 0 Å². The summed E-state index contributed by atoms with van der Waals surface area (Å²) in [6, 6.07) is 0. The number of hydrogen-bond acceptors (Lipinski definition) is 7. The topological polar surface area (TPSA) is 133 Å². The van der Waals surface area contributed by atoms with Crippen LogP contribution in [0.1, 0.15) is 5.69 Å². The third kappa shape index (κ3) is 5.87. The highest BCUT2D eigenvalue weighted by Crippen LogP contribution is 2.34. The molecule has 0 aliphatic heterocycles. The molecular formula is C10H11F5N4O6S. The van der Waals surface area contributed by atoms with Crippen LogP contribution in [0.5, 0.6) is 0 Å². The number of nitro groups is 1. The maximum absolute atomic E-state index is 12.7. The molecule has 0 saturated carbocycles. The highest BCUT2D eigenvalue weighted by molar-refractivity contribution is 7.85. The Hall–Kier alpha value is -2.36. The second-order valence-corrected chi connectivity index (χ2v) is 6.49. The van der Waals surface area contributed by atoms with Crippen molar-refractivity contribution in [3.63, 3.8) is 0 Å². The molecule has 0 radical (unpaired) electrons. The van der Waals surface area contributed by atoms with Crippen LogP contribution in [0.25, 0.3) is 0 Å². The molecule has 0 aromatic carbocycles. The minimum atomic E-state index is -5.87. The lowest BCUT2D eigenvalue weighted by Gasteiger charge is -2.19. The molecule has 1 amide bonds. The molecule has 0 fully saturated rings. The Kier molecular flexibility index (Phi) is 6.24. The number of nitrogens with one attached hydrogen (secondary N) is 1. The maximum Gasteiger partial charge on any atom is 0.455 e. The Balaban J connectivity index is 2.89. The van der Waals surface area contributed by atoms with Crippen molar-refractivity contribution in [2.75, 3.05) is 12.8 Å². The summed E-state index contributed by atoms with van der Waals surface area (Å²) >= 11 is 0. The number of carbonyl (C=O) groups is 1. The zero-order valence-electron chi connectivity index (χ0n) is 12.8. The smallest absolute Gasteiger partial charge is 0.358 e. The largest absolute Gasteiger partial charge is 0.455 e. The van der Waals surface area contributed by atoms with E-state index in [0.717, 1.165) is 0 Å². The number of carbonyl (C=O) groups excluding carboxylic acids is 1. The Labute approximate surface area is 142 Å². The molecule has 148 valence electrons. The quantitative estimate of drug-likeness (QED) is 0.287. The summed E-state index contributed by atoms with van der Waals surface area (Å²) in [6.07, 6.45) is -4.52. The van der Waals surface area contributed by atoms with Crippen molar-refractivity contribution in [2.45, 2.75) is 25.3 Å². The Bertz CT molecular complexity index is 790. The molecule has 1 aromatic rings. The minimum absolute atomic E-state index is 0.502. The molecule has 0 aliphatic rings. The predicted octanol–water partition coefficient (Wildman–Crippen LogP) is 0.581. The summed E-state index contributed by atoms with van der Waals surface area (Å²) in [5, 5.41) is 12.1. The number of imidazole rings is 1. The normalized spacial score (nSPS) is 12.8. The van der Waals surface area contributed by atoms with Crippen LogP contribution in [-0.2, 0) is 32.2 Å². The molecular weight excluding hydrogens is 399 g/mol. The van der Waals surface area contributed by atoms with E-state index in [1.807, 2.05) is 0 Å². The molecule has 26 heavy (non-hydrogen) atoms. The summed E-state index contributed by atoms with van der Waals surface area (Å²) in [5.41, 5.74) is -0.502. The SMILES string of the molecule is CS(=O)(=O)OCc1c([N+](=O)[O-])ncn1CC(=O)NCC(F)(F)C(F)(F)F. The number of halogens is 5. The van der Waals surface area contributed by atoms with E-state index in [1.54, 1.807) is 0 Å². The first-order chi connectivity index (χ1) is 11.6. The molecule has 1 heterocycles. The standard InChI is InChI=1S/C10H11F5N4O6S/c1-26(23,24)25-3-6-8(19(21)22)17-5-18(6)2-7(20)16-4-9(11,12)10(13,14)15/h5H,2-4H2,1H3,(H,16,20). The number of alkyl halides is 5. The van der Waals surface area contributed by atoms with E-state index in [4.69, 9.17) is 0 Å². The van der Waals surface area contributed by atoms with Gasteiger partial charge in [0.1, 0.15) is 18.8 Å². The van der Waals surface area contributed by atoms with Gasteiger partial charge in [0.25, 0.3) is 10.1 Å². The van der Waals surface area contributed by atoms with Gasteiger partial charge in [0.2, 0.25) is 12.2 Å². The fourth-order valence-electron chi connectivity index (χ4n) is 1.52. The molecule has 1 rings (SSSR count). The summed E-state index contributed by atoms with van der Waals surface area (Å²) in [4.78, 5) is 24.6. The number of amides is 1. The van der Waals surface area contributed by atoms with Gasteiger partial charge in [-0.3, -0.25) is 13.5 Å². The lowest BCUT2D eigenvalue weighted by atomic mass is 10.3. The first kappa shape index (κ1) is 21.7. The first-order valence-electron chi connectivity index (χ1n) is 6.38. The summed E-state index contributed by atoms with van der Waals surface area (Å²) in [7, 11) is -4.02. The molecule has 0 bridgehead atoms. The van der Waals surface area contributed by atoms with Gasteiger partial charge in [0.05, 0.1) is 12.8 Å². The van der Waals surface area contributed by atoms with E-state index in [2.05, 4.69) is 9.17 Å². The first-order valence-corrected chi connectivity index (χ1v) is 8.20. The van der Waals surface area contributed by atoms with E-state index in [1.165, 1.54) is 5.32 Å². The number of rotatable bonds is 8. The van der Waals surface area contributed by atoms with Crippen LogP contribution in [0.3, 0.4) is 0 Å². The molecule has 1 aromatic heterocycles. The van der Waals surface area contributed by atoms with Crippen LogP contribution in [0, 0.1) is 10.1 Å². The van der Waals surface area contributed by atoms with Crippen LogP contribution in [-0.4, -0.2) is 53.7 Å². The van der Waals surface area contributed by atoms with Crippen molar-refractivity contribution in [1.82, 2.24) is 14.9 Å². The van der Waals surface area contributed by atoms with E-state index >= 15 is 0 Å². The fourth-order valence-corrected chi connectivity index (χ4v) is 1.84. The van der Waals surface area contributed by atoms with Gasteiger partial charge in [0.15, 0.2) is 0 Å². The summed E-state index contributed by atoms with van der Waals surface area (Å²) in [5.74, 6) is -7.39. The Morgan fingerprint density at radius 3 is 2.42 bits per heavy atom. The average molecular weight is 410 g/mol. The highest BCUT2D eigenvalue weighted by atomic mass is 32.2. The molecule has 16 heteroatoms. The summed E-state index contributed by atoms with van der Waals surface area (Å²) < 4.78 is 88.5. The van der Waals surface area contributed by atoms with Crippen molar-refractivity contribution in [3.8, 4) is 0 Å². The molecule has 0 spiro atoms. The van der Waals surface area contributed by atoms with E-state index in [-0.39, 0.29) is 0 Å². The lowest BCUT2D eigenvalue weighted by molar-refractivity contribution is -0.390. The van der Waals surface area contributed by atoms with Crippen molar-refractivity contribution < 1.29 is 44.3 Å². The third-order valence-electron chi connectivity index (χ3n) is 2.74. The fraction of sp³-hybridized carbons (Fsp3) is 0.600. The molecule has 0 unspecified atom stereocenters. The zero-order chi connectivity index (χ0) is 20.3. The predicted molar refractivity (Wildman–Crippen MR) is 72.5 cm³/mol. The number of aromatic nitrogens is 2. The lowest BCUT2D eigenvalue weighted by Crippen LogP contribution is -2.47. The average Bonchev–Trinajstić information content (AvgIpc) is 2.84. The van der Waals surface area contributed by atoms with Gasteiger partial charge in [-0.1, -0.05) is 0 Å². The van der Waals surface area contributed by atoms with Crippen LogP contribution in [0.15, 0.2) is 6.33 Å². The van der Waals surface area contributed by atoms with Crippen LogP contribution >= 0.6 is 0 Å². The van der Waals surface area contributed by atoms with E-state index in [9.17, 15) is 45.3 Å². The minimum Gasteiger partial charge on any atom is -0.358 e.